The van der Waals surface area contributed by atoms with Crippen LogP contribution in [0.5, 0.6) is 0 Å². The van der Waals surface area contributed by atoms with E-state index in [1.54, 1.807) is 19.2 Å². The first-order valence-electron chi connectivity index (χ1n) is 6.13. The topological polar surface area (TPSA) is 54.0 Å². The molecule has 0 atom stereocenters. The Morgan fingerprint density at radius 1 is 1.11 bits per heavy atom. The highest BCUT2D eigenvalue weighted by atomic mass is 16.1. The van der Waals surface area contributed by atoms with Crippen LogP contribution in [0.15, 0.2) is 36.4 Å². The van der Waals surface area contributed by atoms with Gasteiger partial charge >= 0.3 is 0 Å². The molecule has 0 saturated heterocycles. The molecule has 19 heavy (non-hydrogen) atoms. The summed E-state index contributed by atoms with van der Waals surface area (Å²) in [6, 6.07) is 11.2. The maximum Gasteiger partial charge on any atom is 0.274 e. The van der Waals surface area contributed by atoms with Crippen LogP contribution >= 0.6 is 0 Å². The largest absolute Gasteiger partial charge is 0.373 e. The molecule has 4 heteroatoms. The molecule has 2 N–H and O–H groups in total. The second kappa shape index (κ2) is 5.52. The lowest BCUT2D eigenvalue weighted by molar-refractivity contribution is 0.102. The number of aryl methyl sites for hydroxylation is 2. The van der Waals surface area contributed by atoms with Gasteiger partial charge in [0.25, 0.3) is 5.91 Å². The third-order valence-corrected chi connectivity index (χ3v) is 2.72. The maximum absolute atomic E-state index is 12.1. The van der Waals surface area contributed by atoms with Crippen molar-refractivity contribution in [1.82, 2.24) is 4.98 Å². The zero-order valence-corrected chi connectivity index (χ0v) is 11.3. The zero-order chi connectivity index (χ0) is 13.8. The highest BCUT2D eigenvalue weighted by Gasteiger charge is 2.08. The van der Waals surface area contributed by atoms with E-state index in [2.05, 4.69) is 21.7 Å². The number of nitrogens with one attached hydrogen (secondary N) is 2. The van der Waals surface area contributed by atoms with Crippen LogP contribution in [0.4, 0.5) is 11.5 Å². The van der Waals surface area contributed by atoms with Crippen LogP contribution in [0.3, 0.4) is 0 Å². The van der Waals surface area contributed by atoms with Crippen molar-refractivity contribution >= 4 is 17.4 Å². The SMILES string of the molecule is CNc1cccc(C(=O)Nc2cc(C)cc(C)c2)n1. The van der Waals surface area contributed by atoms with Crippen molar-refractivity contribution in [3.05, 3.63) is 53.2 Å². The predicted molar refractivity (Wildman–Crippen MR) is 77.7 cm³/mol. The normalized spacial score (nSPS) is 10.1. The van der Waals surface area contributed by atoms with Gasteiger partial charge in [0.1, 0.15) is 11.5 Å². The van der Waals surface area contributed by atoms with Gasteiger partial charge in [-0.15, -0.1) is 0 Å². The van der Waals surface area contributed by atoms with Crippen molar-refractivity contribution in [2.45, 2.75) is 13.8 Å². The van der Waals surface area contributed by atoms with Gasteiger partial charge in [-0.05, 0) is 49.2 Å². The summed E-state index contributed by atoms with van der Waals surface area (Å²) >= 11 is 0. The minimum atomic E-state index is -0.206. The predicted octanol–water partition coefficient (Wildman–Crippen LogP) is 2.99. The summed E-state index contributed by atoms with van der Waals surface area (Å²) < 4.78 is 0. The number of aromatic nitrogens is 1. The number of anilines is 2. The molecule has 1 aromatic heterocycles. The molecule has 0 aliphatic carbocycles. The lowest BCUT2D eigenvalue weighted by Gasteiger charge is -2.08. The van der Waals surface area contributed by atoms with Crippen LogP contribution in [-0.2, 0) is 0 Å². The first-order chi connectivity index (χ1) is 9.08. The van der Waals surface area contributed by atoms with E-state index < -0.39 is 0 Å². The number of benzene rings is 1. The van der Waals surface area contributed by atoms with E-state index >= 15 is 0 Å². The van der Waals surface area contributed by atoms with Crippen LogP contribution in [0.2, 0.25) is 0 Å². The average Bonchev–Trinajstić information content (AvgIpc) is 2.37. The molecular formula is C15H17N3O. The van der Waals surface area contributed by atoms with Crippen molar-refractivity contribution in [1.29, 1.82) is 0 Å². The highest BCUT2D eigenvalue weighted by molar-refractivity contribution is 6.03. The Morgan fingerprint density at radius 3 is 2.42 bits per heavy atom. The lowest BCUT2D eigenvalue weighted by atomic mass is 10.1. The number of hydrogen-bond donors (Lipinski definition) is 2. The molecule has 4 nitrogen and oxygen atoms in total. The van der Waals surface area contributed by atoms with Gasteiger partial charge in [-0.1, -0.05) is 12.1 Å². The second-order valence-corrected chi connectivity index (χ2v) is 4.49. The third-order valence-electron chi connectivity index (χ3n) is 2.72. The lowest BCUT2D eigenvalue weighted by Crippen LogP contribution is -2.14. The third kappa shape index (κ3) is 3.31. The van der Waals surface area contributed by atoms with Crippen molar-refractivity contribution in [3.8, 4) is 0 Å². The van der Waals surface area contributed by atoms with E-state index in [0.29, 0.717) is 11.5 Å². The monoisotopic (exact) mass is 255 g/mol. The number of carbonyl (C=O) groups is 1. The number of nitrogens with zero attached hydrogens (tertiary/aromatic N) is 1. The van der Waals surface area contributed by atoms with Gasteiger partial charge < -0.3 is 10.6 Å². The Bertz CT molecular complexity index is 588. The summed E-state index contributed by atoms with van der Waals surface area (Å²) in [7, 11) is 1.77. The molecule has 1 amide bonds. The fraction of sp³-hybridized carbons (Fsp3) is 0.200. The molecule has 98 valence electrons. The van der Waals surface area contributed by atoms with E-state index in [0.717, 1.165) is 16.8 Å². The van der Waals surface area contributed by atoms with E-state index in [4.69, 9.17) is 0 Å². The molecular weight excluding hydrogens is 238 g/mol. The summed E-state index contributed by atoms with van der Waals surface area (Å²) in [5, 5.41) is 5.78. The average molecular weight is 255 g/mol. The molecule has 2 rings (SSSR count). The standard InChI is InChI=1S/C15H17N3O/c1-10-7-11(2)9-12(8-10)17-15(19)13-5-4-6-14(16-3)18-13/h4-9H,1-3H3,(H,16,18)(H,17,19). The smallest absolute Gasteiger partial charge is 0.274 e. The summed E-state index contributed by atoms with van der Waals surface area (Å²) in [5.74, 6) is 0.468. The van der Waals surface area contributed by atoms with E-state index in [1.165, 1.54) is 0 Å². The molecule has 0 bridgehead atoms. The summed E-state index contributed by atoms with van der Waals surface area (Å²) in [5.41, 5.74) is 3.42. The van der Waals surface area contributed by atoms with Crippen molar-refractivity contribution < 1.29 is 4.79 Å². The number of rotatable bonds is 3. The van der Waals surface area contributed by atoms with Gasteiger partial charge in [0.05, 0.1) is 0 Å². The van der Waals surface area contributed by atoms with Crippen LogP contribution < -0.4 is 10.6 Å². The van der Waals surface area contributed by atoms with Gasteiger partial charge in [-0.2, -0.15) is 0 Å². The molecule has 0 saturated carbocycles. The Morgan fingerprint density at radius 2 is 1.79 bits per heavy atom. The van der Waals surface area contributed by atoms with E-state index in [9.17, 15) is 4.79 Å². The van der Waals surface area contributed by atoms with Gasteiger partial charge in [0.2, 0.25) is 0 Å². The van der Waals surface area contributed by atoms with Crippen LogP contribution in [-0.4, -0.2) is 17.9 Å². The second-order valence-electron chi connectivity index (χ2n) is 4.49. The molecule has 0 aliphatic rings. The molecule has 0 spiro atoms. The maximum atomic E-state index is 12.1. The van der Waals surface area contributed by atoms with Gasteiger partial charge in [0.15, 0.2) is 0 Å². The van der Waals surface area contributed by atoms with Crippen molar-refractivity contribution in [2.75, 3.05) is 17.7 Å². The molecule has 0 unspecified atom stereocenters. The number of pyridine rings is 1. The van der Waals surface area contributed by atoms with Gasteiger partial charge in [-0.3, -0.25) is 4.79 Å². The Balaban J connectivity index is 2.20. The van der Waals surface area contributed by atoms with E-state index in [1.807, 2.05) is 32.0 Å². The van der Waals surface area contributed by atoms with Gasteiger partial charge in [0, 0.05) is 12.7 Å². The quantitative estimate of drug-likeness (QED) is 0.886. The number of amides is 1. The van der Waals surface area contributed by atoms with Gasteiger partial charge in [-0.25, -0.2) is 4.98 Å². The fourth-order valence-corrected chi connectivity index (χ4v) is 1.94. The molecule has 1 aromatic carbocycles. The summed E-state index contributed by atoms with van der Waals surface area (Å²) in [4.78, 5) is 16.3. The fourth-order valence-electron chi connectivity index (χ4n) is 1.94. The number of carbonyl (C=O) groups excluding carboxylic acids is 1. The van der Waals surface area contributed by atoms with E-state index in [-0.39, 0.29) is 5.91 Å². The zero-order valence-electron chi connectivity index (χ0n) is 11.3. The van der Waals surface area contributed by atoms with Crippen molar-refractivity contribution in [3.63, 3.8) is 0 Å². The molecule has 0 aliphatic heterocycles. The van der Waals surface area contributed by atoms with Crippen molar-refractivity contribution in [2.24, 2.45) is 0 Å². The molecule has 2 aromatic rings. The first kappa shape index (κ1) is 13.1. The Kier molecular flexibility index (Phi) is 3.80. The minimum absolute atomic E-state index is 0.206. The minimum Gasteiger partial charge on any atom is -0.373 e. The van der Waals surface area contributed by atoms with Crippen LogP contribution in [0, 0.1) is 13.8 Å². The Labute approximate surface area is 112 Å². The Hall–Kier alpha value is -2.36. The van der Waals surface area contributed by atoms with Crippen LogP contribution in [0.25, 0.3) is 0 Å². The highest BCUT2D eigenvalue weighted by Crippen LogP contribution is 2.15. The summed E-state index contributed by atoms with van der Waals surface area (Å²) in [6.07, 6.45) is 0. The van der Waals surface area contributed by atoms with Crippen LogP contribution in [0.1, 0.15) is 21.6 Å². The number of hydrogen-bond acceptors (Lipinski definition) is 3. The molecule has 0 radical (unpaired) electrons. The molecule has 0 fully saturated rings. The summed E-state index contributed by atoms with van der Waals surface area (Å²) in [6.45, 7) is 4.01. The first-order valence-corrected chi connectivity index (χ1v) is 6.13. The molecule has 1 heterocycles.